The Labute approximate surface area is 111 Å². The number of nitrogens with zero attached hydrogens (tertiary/aromatic N) is 1. The van der Waals surface area contributed by atoms with Gasteiger partial charge in [0, 0.05) is 7.05 Å². The first kappa shape index (κ1) is 13.9. The zero-order chi connectivity index (χ0) is 14.8. The van der Waals surface area contributed by atoms with Crippen LogP contribution in [0, 0.1) is 0 Å². The van der Waals surface area contributed by atoms with Crippen LogP contribution in [0.4, 0.5) is 24.5 Å². The minimum absolute atomic E-state index is 0.122. The van der Waals surface area contributed by atoms with Gasteiger partial charge in [-0.05, 0) is 12.1 Å². The number of carbonyl (C=O) groups is 1. The van der Waals surface area contributed by atoms with Crippen LogP contribution in [0.5, 0.6) is 0 Å². The van der Waals surface area contributed by atoms with Crippen molar-refractivity contribution in [2.75, 3.05) is 17.7 Å². The Kier molecular flexibility index (Phi) is 3.64. The van der Waals surface area contributed by atoms with E-state index < -0.39 is 17.6 Å². The van der Waals surface area contributed by atoms with Gasteiger partial charge in [-0.1, -0.05) is 11.2 Å². The second-order valence-corrected chi connectivity index (χ2v) is 3.84. The quantitative estimate of drug-likeness (QED) is 0.909. The summed E-state index contributed by atoms with van der Waals surface area (Å²) in [6, 6.07) is 3.37. The van der Waals surface area contributed by atoms with E-state index in [1.807, 2.05) is 0 Å². The third-order valence-corrected chi connectivity index (χ3v) is 2.55. The molecule has 1 amide bonds. The molecule has 0 atom stereocenters. The highest BCUT2D eigenvalue weighted by molar-refractivity contribution is 6.08. The summed E-state index contributed by atoms with van der Waals surface area (Å²) in [7, 11) is 1.32. The summed E-state index contributed by atoms with van der Waals surface area (Å²) in [6.07, 6.45) is -2.14. The molecule has 2 aromatic rings. The third kappa shape index (κ3) is 2.73. The first-order valence-electron chi connectivity index (χ1n) is 5.52. The summed E-state index contributed by atoms with van der Waals surface area (Å²) in [5.41, 5.74) is -1.05. The molecule has 0 aliphatic rings. The molecule has 0 saturated heterocycles. The van der Waals surface area contributed by atoms with Crippen LogP contribution in [0.2, 0.25) is 0 Å². The van der Waals surface area contributed by atoms with E-state index in [9.17, 15) is 18.0 Å². The van der Waals surface area contributed by atoms with Crippen LogP contribution in [0.15, 0.2) is 35.2 Å². The normalized spacial score (nSPS) is 11.2. The van der Waals surface area contributed by atoms with E-state index in [2.05, 4.69) is 20.3 Å². The number of para-hydroxylation sites is 1. The van der Waals surface area contributed by atoms with Gasteiger partial charge in [-0.25, -0.2) is 0 Å². The van der Waals surface area contributed by atoms with E-state index in [0.29, 0.717) is 0 Å². The van der Waals surface area contributed by atoms with Crippen molar-refractivity contribution in [3.63, 3.8) is 0 Å². The summed E-state index contributed by atoms with van der Waals surface area (Å²) in [5.74, 6) is -0.691. The molecular weight excluding hydrogens is 275 g/mol. The van der Waals surface area contributed by atoms with Crippen molar-refractivity contribution < 1.29 is 22.5 Å². The van der Waals surface area contributed by atoms with Gasteiger partial charge in [-0.3, -0.25) is 4.79 Å². The molecule has 0 aliphatic carbocycles. The Bertz CT molecular complexity index is 609. The molecule has 0 bridgehead atoms. The van der Waals surface area contributed by atoms with Crippen LogP contribution in [0.1, 0.15) is 15.9 Å². The molecule has 20 heavy (non-hydrogen) atoms. The Hall–Kier alpha value is -2.51. The van der Waals surface area contributed by atoms with Gasteiger partial charge in [0.1, 0.15) is 12.0 Å². The molecule has 0 radical (unpaired) electrons. The topological polar surface area (TPSA) is 67.2 Å². The smallest absolute Gasteiger partial charge is 0.387 e. The molecule has 8 heteroatoms. The van der Waals surface area contributed by atoms with Crippen molar-refractivity contribution in [1.82, 2.24) is 5.16 Å². The maximum Gasteiger partial charge on any atom is 0.418 e. The molecule has 106 valence electrons. The zero-order valence-electron chi connectivity index (χ0n) is 10.3. The summed E-state index contributed by atoms with van der Waals surface area (Å²) in [5, 5.41) is 8.18. The molecule has 1 heterocycles. The minimum atomic E-state index is -4.55. The molecule has 2 N–H and O–H groups in total. The molecule has 1 aromatic carbocycles. The van der Waals surface area contributed by atoms with Crippen molar-refractivity contribution in [3.05, 3.63) is 41.8 Å². The van der Waals surface area contributed by atoms with Gasteiger partial charge < -0.3 is 15.2 Å². The molecule has 0 aliphatic heterocycles. The van der Waals surface area contributed by atoms with Gasteiger partial charge in [-0.2, -0.15) is 13.2 Å². The zero-order valence-corrected chi connectivity index (χ0v) is 10.3. The fraction of sp³-hybridized carbons (Fsp3) is 0.167. The van der Waals surface area contributed by atoms with Crippen molar-refractivity contribution in [1.29, 1.82) is 0 Å². The number of hydrogen-bond acceptors (Lipinski definition) is 4. The van der Waals surface area contributed by atoms with Gasteiger partial charge >= 0.3 is 6.18 Å². The summed E-state index contributed by atoms with van der Waals surface area (Å²) >= 11 is 0. The number of amides is 1. The molecule has 0 spiro atoms. The number of benzene rings is 1. The van der Waals surface area contributed by atoms with Gasteiger partial charge in [0.25, 0.3) is 5.91 Å². The largest absolute Gasteiger partial charge is 0.418 e. The minimum Gasteiger partial charge on any atom is -0.387 e. The maximum atomic E-state index is 12.9. The van der Waals surface area contributed by atoms with Crippen LogP contribution in [0.3, 0.4) is 0 Å². The number of alkyl halides is 3. The fourth-order valence-corrected chi connectivity index (χ4v) is 1.71. The van der Waals surface area contributed by atoms with Gasteiger partial charge in [0.05, 0.1) is 23.0 Å². The van der Waals surface area contributed by atoms with Gasteiger partial charge in [-0.15, -0.1) is 0 Å². The van der Waals surface area contributed by atoms with E-state index in [-0.39, 0.29) is 16.9 Å². The molecule has 5 nitrogen and oxygen atoms in total. The number of aromatic nitrogens is 1. The van der Waals surface area contributed by atoms with E-state index in [0.717, 1.165) is 6.07 Å². The lowest BCUT2D eigenvalue weighted by atomic mass is 10.1. The van der Waals surface area contributed by atoms with Crippen molar-refractivity contribution in [2.24, 2.45) is 0 Å². The molecular formula is C12H10F3N3O2. The average molecular weight is 285 g/mol. The third-order valence-electron chi connectivity index (χ3n) is 2.55. The highest BCUT2D eigenvalue weighted by Gasteiger charge is 2.34. The standard InChI is InChI=1S/C12H10F3N3O2/c1-16-10-8(3-2-4-9(10)12(13,14)15)11(19)18-7-5-17-20-6-7/h2-6,16H,1H3,(H,18,19). The number of nitrogens with one attached hydrogen (secondary N) is 2. The van der Waals surface area contributed by atoms with Gasteiger partial charge in [0.2, 0.25) is 0 Å². The maximum absolute atomic E-state index is 12.9. The number of rotatable bonds is 3. The van der Waals surface area contributed by atoms with Crippen molar-refractivity contribution in [2.45, 2.75) is 6.18 Å². The molecule has 0 unspecified atom stereocenters. The van der Waals surface area contributed by atoms with Crippen LogP contribution in [-0.4, -0.2) is 18.1 Å². The predicted octanol–water partition coefficient (Wildman–Crippen LogP) is 2.99. The number of hydrogen-bond donors (Lipinski definition) is 2. The lowest BCUT2D eigenvalue weighted by Crippen LogP contribution is -2.17. The Morgan fingerprint density at radius 3 is 2.65 bits per heavy atom. The van der Waals surface area contributed by atoms with Crippen LogP contribution < -0.4 is 10.6 Å². The summed E-state index contributed by atoms with van der Waals surface area (Å²) in [4.78, 5) is 12.0. The summed E-state index contributed by atoms with van der Waals surface area (Å²) < 4.78 is 43.1. The second kappa shape index (κ2) is 5.24. The first-order valence-corrected chi connectivity index (χ1v) is 5.52. The highest BCUT2D eigenvalue weighted by atomic mass is 19.4. The van der Waals surface area contributed by atoms with Crippen LogP contribution >= 0.6 is 0 Å². The lowest BCUT2D eigenvalue weighted by Gasteiger charge is -2.15. The molecule has 0 fully saturated rings. The summed E-state index contributed by atoms with van der Waals surface area (Å²) in [6.45, 7) is 0. The van der Waals surface area contributed by atoms with E-state index >= 15 is 0 Å². The number of halogens is 3. The fourth-order valence-electron chi connectivity index (χ4n) is 1.71. The molecule has 2 rings (SSSR count). The number of anilines is 2. The van der Waals surface area contributed by atoms with Crippen molar-refractivity contribution in [3.8, 4) is 0 Å². The van der Waals surface area contributed by atoms with Gasteiger partial charge in [0.15, 0.2) is 0 Å². The molecule has 0 saturated carbocycles. The monoisotopic (exact) mass is 285 g/mol. The average Bonchev–Trinajstić information content (AvgIpc) is 2.89. The van der Waals surface area contributed by atoms with E-state index in [1.165, 1.54) is 31.6 Å². The lowest BCUT2D eigenvalue weighted by molar-refractivity contribution is -0.136. The van der Waals surface area contributed by atoms with Crippen LogP contribution in [-0.2, 0) is 6.18 Å². The SMILES string of the molecule is CNc1c(C(=O)Nc2cnoc2)cccc1C(F)(F)F. The van der Waals surface area contributed by atoms with Crippen LogP contribution in [0.25, 0.3) is 0 Å². The second-order valence-electron chi connectivity index (χ2n) is 3.84. The Morgan fingerprint density at radius 1 is 1.35 bits per heavy atom. The number of carbonyl (C=O) groups excluding carboxylic acids is 1. The van der Waals surface area contributed by atoms with E-state index in [4.69, 9.17) is 0 Å². The molecule has 1 aromatic heterocycles. The first-order chi connectivity index (χ1) is 9.43. The predicted molar refractivity (Wildman–Crippen MR) is 65.4 cm³/mol. The Balaban J connectivity index is 2.39. The highest BCUT2D eigenvalue weighted by Crippen LogP contribution is 2.36. The Morgan fingerprint density at radius 2 is 2.10 bits per heavy atom. The van der Waals surface area contributed by atoms with Crippen molar-refractivity contribution >= 4 is 17.3 Å². The van der Waals surface area contributed by atoms with E-state index in [1.54, 1.807) is 0 Å².